The highest BCUT2D eigenvalue weighted by Crippen LogP contribution is 2.25. The average Bonchev–Trinajstić information content (AvgIpc) is 2.97. The molecule has 2 atom stereocenters. The SMILES string of the molecule is CCCCCCCOC[C@H]1COC[C@@H]1C/C=C\CCCC(=O)O. The maximum Gasteiger partial charge on any atom is 0.303 e. The highest BCUT2D eigenvalue weighted by atomic mass is 16.5. The summed E-state index contributed by atoms with van der Waals surface area (Å²) in [6, 6.07) is 0. The third kappa shape index (κ3) is 10.5. The van der Waals surface area contributed by atoms with Crippen molar-refractivity contribution in [3.05, 3.63) is 12.2 Å². The second kappa shape index (κ2) is 13.6. The molecule has 23 heavy (non-hydrogen) atoms. The van der Waals surface area contributed by atoms with Crippen LogP contribution < -0.4 is 0 Å². The van der Waals surface area contributed by atoms with E-state index in [2.05, 4.69) is 19.1 Å². The fourth-order valence-corrected chi connectivity index (χ4v) is 2.89. The molecule has 1 rings (SSSR count). The summed E-state index contributed by atoms with van der Waals surface area (Å²) < 4.78 is 11.4. The first kappa shape index (κ1) is 20.2. The van der Waals surface area contributed by atoms with E-state index >= 15 is 0 Å². The van der Waals surface area contributed by atoms with Gasteiger partial charge in [0.1, 0.15) is 0 Å². The van der Waals surface area contributed by atoms with Crippen molar-refractivity contribution in [2.75, 3.05) is 26.4 Å². The molecular formula is C19H34O4. The van der Waals surface area contributed by atoms with Gasteiger partial charge in [0, 0.05) is 18.9 Å². The van der Waals surface area contributed by atoms with Crippen molar-refractivity contribution in [1.29, 1.82) is 0 Å². The second-order valence-corrected chi connectivity index (χ2v) is 6.54. The van der Waals surface area contributed by atoms with E-state index in [1.807, 2.05) is 0 Å². The molecule has 1 N–H and O–H groups in total. The Labute approximate surface area is 141 Å². The average molecular weight is 326 g/mol. The van der Waals surface area contributed by atoms with E-state index in [4.69, 9.17) is 14.6 Å². The number of allylic oxidation sites excluding steroid dienone is 2. The van der Waals surface area contributed by atoms with E-state index in [1.54, 1.807) is 0 Å². The molecule has 0 amide bonds. The number of hydrogen-bond acceptors (Lipinski definition) is 3. The predicted octanol–water partition coefficient (Wildman–Crippen LogP) is 4.44. The van der Waals surface area contributed by atoms with E-state index in [1.165, 1.54) is 32.1 Å². The maximum absolute atomic E-state index is 10.4. The predicted molar refractivity (Wildman–Crippen MR) is 92.6 cm³/mol. The molecule has 1 heterocycles. The number of hydrogen-bond donors (Lipinski definition) is 1. The minimum absolute atomic E-state index is 0.256. The minimum Gasteiger partial charge on any atom is -0.481 e. The molecule has 0 aromatic rings. The van der Waals surface area contributed by atoms with Crippen molar-refractivity contribution < 1.29 is 19.4 Å². The van der Waals surface area contributed by atoms with Crippen molar-refractivity contribution in [2.45, 2.75) is 64.7 Å². The van der Waals surface area contributed by atoms with Crippen molar-refractivity contribution in [3.63, 3.8) is 0 Å². The van der Waals surface area contributed by atoms with Gasteiger partial charge in [-0.2, -0.15) is 0 Å². The largest absolute Gasteiger partial charge is 0.481 e. The number of carboxylic acid groups (broad SMARTS) is 1. The van der Waals surface area contributed by atoms with Crippen LogP contribution in [0, 0.1) is 11.8 Å². The van der Waals surface area contributed by atoms with Crippen LogP contribution in [0.5, 0.6) is 0 Å². The molecule has 0 saturated carbocycles. The molecule has 0 radical (unpaired) electrons. The number of carboxylic acids is 1. The first-order valence-corrected chi connectivity index (χ1v) is 9.26. The van der Waals surface area contributed by atoms with Crippen molar-refractivity contribution in [2.24, 2.45) is 11.8 Å². The lowest BCUT2D eigenvalue weighted by molar-refractivity contribution is -0.137. The summed E-state index contributed by atoms with van der Waals surface area (Å²) in [7, 11) is 0. The fraction of sp³-hybridized carbons (Fsp3) is 0.842. The standard InChI is InChI=1S/C19H34O4/c1-2-3-4-7-10-13-22-15-18-16-23-14-17(18)11-8-5-6-9-12-19(20)21/h5,8,17-18H,2-4,6-7,9-16H2,1H3,(H,20,21)/b8-5-/t17-,18-/m0/s1. The Bertz CT molecular complexity index is 327. The summed E-state index contributed by atoms with van der Waals surface area (Å²) in [5, 5.41) is 8.59. The van der Waals surface area contributed by atoms with Crippen LogP contribution in [0.3, 0.4) is 0 Å². The maximum atomic E-state index is 10.4. The van der Waals surface area contributed by atoms with Gasteiger partial charge in [0.25, 0.3) is 0 Å². The van der Waals surface area contributed by atoms with Crippen LogP contribution in [0.25, 0.3) is 0 Å². The molecule has 0 spiro atoms. The van der Waals surface area contributed by atoms with Crippen molar-refractivity contribution >= 4 is 5.97 Å². The molecule has 0 aliphatic carbocycles. The van der Waals surface area contributed by atoms with Gasteiger partial charge in [-0.25, -0.2) is 0 Å². The molecule has 0 unspecified atom stereocenters. The Morgan fingerprint density at radius 2 is 1.91 bits per heavy atom. The second-order valence-electron chi connectivity index (χ2n) is 6.54. The molecule has 0 bridgehead atoms. The summed E-state index contributed by atoms with van der Waals surface area (Å²) in [5.74, 6) is 0.342. The summed E-state index contributed by atoms with van der Waals surface area (Å²) in [6.07, 6.45) is 13.5. The van der Waals surface area contributed by atoms with Gasteiger partial charge >= 0.3 is 5.97 Å². The number of aliphatic carboxylic acids is 1. The smallest absolute Gasteiger partial charge is 0.303 e. The number of rotatable bonds is 14. The van der Waals surface area contributed by atoms with Crippen molar-refractivity contribution in [1.82, 2.24) is 0 Å². The zero-order valence-corrected chi connectivity index (χ0v) is 14.7. The molecule has 0 aromatic heterocycles. The zero-order valence-electron chi connectivity index (χ0n) is 14.7. The fourth-order valence-electron chi connectivity index (χ4n) is 2.89. The Morgan fingerprint density at radius 3 is 2.70 bits per heavy atom. The van der Waals surface area contributed by atoms with Gasteiger partial charge in [0.15, 0.2) is 0 Å². The molecule has 0 aromatic carbocycles. The molecule has 134 valence electrons. The molecule has 1 fully saturated rings. The van der Waals surface area contributed by atoms with Crippen LogP contribution >= 0.6 is 0 Å². The van der Waals surface area contributed by atoms with Gasteiger partial charge in [-0.3, -0.25) is 4.79 Å². The summed E-state index contributed by atoms with van der Waals surface area (Å²) in [6.45, 7) is 5.55. The van der Waals surface area contributed by atoms with E-state index in [0.717, 1.165) is 45.7 Å². The lowest BCUT2D eigenvalue weighted by Crippen LogP contribution is -2.18. The molecule has 1 aliphatic rings. The first-order valence-electron chi connectivity index (χ1n) is 9.26. The minimum atomic E-state index is -0.713. The monoisotopic (exact) mass is 326 g/mol. The van der Waals surface area contributed by atoms with Gasteiger partial charge in [-0.15, -0.1) is 0 Å². The quantitative estimate of drug-likeness (QED) is 0.379. The van der Waals surface area contributed by atoms with Crippen LogP contribution in [-0.4, -0.2) is 37.5 Å². The van der Waals surface area contributed by atoms with E-state index in [9.17, 15) is 4.79 Å². The van der Waals surface area contributed by atoms with E-state index in [0.29, 0.717) is 11.8 Å². The zero-order chi connectivity index (χ0) is 16.8. The summed E-state index contributed by atoms with van der Waals surface area (Å²) in [5.41, 5.74) is 0. The Morgan fingerprint density at radius 1 is 1.13 bits per heavy atom. The van der Waals surface area contributed by atoms with Gasteiger partial charge < -0.3 is 14.6 Å². The number of carbonyl (C=O) groups is 1. The Balaban J connectivity index is 2.04. The highest BCUT2D eigenvalue weighted by Gasteiger charge is 2.27. The molecular weight excluding hydrogens is 292 g/mol. The van der Waals surface area contributed by atoms with E-state index < -0.39 is 5.97 Å². The normalized spacial score (nSPS) is 21.3. The summed E-state index contributed by atoms with van der Waals surface area (Å²) in [4.78, 5) is 10.4. The lowest BCUT2D eigenvalue weighted by Gasteiger charge is -2.16. The van der Waals surface area contributed by atoms with Crippen LogP contribution in [0.2, 0.25) is 0 Å². The molecule has 1 saturated heterocycles. The highest BCUT2D eigenvalue weighted by molar-refractivity contribution is 5.66. The van der Waals surface area contributed by atoms with E-state index in [-0.39, 0.29) is 6.42 Å². The third-order valence-electron chi connectivity index (χ3n) is 4.42. The molecule has 4 nitrogen and oxygen atoms in total. The Kier molecular flexibility index (Phi) is 11.9. The topological polar surface area (TPSA) is 55.8 Å². The summed E-state index contributed by atoms with van der Waals surface area (Å²) >= 11 is 0. The van der Waals surface area contributed by atoms with Crippen molar-refractivity contribution in [3.8, 4) is 0 Å². The van der Waals surface area contributed by atoms with Crippen LogP contribution in [0.4, 0.5) is 0 Å². The molecule has 4 heteroatoms. The van der Waals surface area contributed by atoms with Crippen LogP contribution in [0.1, 0.15) is 64.7 Å². The number of ether oxygens (including phenoxy) is 2. The van der Waals surface area contributed by atoms with Crippen LogP contribution in [-0.2, 0) is 14.3 Å². The third-order valence-corrected chi connectivity index (χ3v) is 4.42. The van der Waals surface area contributed by atoms with Gasteiger partial charge in [-0.1, -0.05) is 44.8 Å². The van der Waals surface area contributed by atoms with Crippen LogP contribution in [0.15, 0.2) is 12.2 Å². The molecule has 1 aliphatic heterocycles. The van der Waals surface area contributed by atoms with Gasteiger partial charge in [0.05, 0.1) is 19.8 Å². The van der Waals surface area contributed by atoms with Gasteiger partial charge in [0.2, 0.25) is 0 Å². The lowest BCUT2D eigenvalue weighted by atomic mass is 9.93. The number of unbranched alkanes of at least 4 members (excludes halogenated alkanes) is 5. The Hall–Kier alpha value is -0.870. The first-order chi connectivity index (χ1) is 11.2. The van der Waals surface area contributed by atoms with Gasteiger partial charge in [-0.05, 0) is 31.6 Å².